The van der Waals surface area contributed by atoms with Gasteiger partial charge in [-0.05, 0) is 5.22 Å². The lowest BCUT2D eigenvalue weighted by molar-refractivity contribution is 0.675. The van der Waals surface area contributed by atoms with E-state index in [0.717, 1.165) is 0 Å². The van der Waals surface area contributed by atoms with Crippen LogP contribution >= 0.6 is 0 Å². The summed E-state index contributed by atoms with van der Waals surface area (Å²) < 4.78 is 0. The first-order chi connectivity index (χ1) is 3.41. The highest BCUT2D eigenvalue weighted by molar-refractivity contribution is 4.04. The molecule has 0 bridgehead atoms. The first kappa shape index (κ1) is 5.80. The summed E-state index contributed by atoms with van der Waals surface area (Å²) in [7, 11) is 1.50. The van der Waals surface area contributed by atoms with E-state index in [9.17, 15) is 0 Å². The summed E-state index contributed by atoms with van der Waals surface area (Å²) in [6, 6.07) is 0. The van der Waals surface area contributed by atoms with Gasteiger partial charge >= 0.3 is 0 Å². The van der Waals surface area contributed by atoms with Crippen molar-refractivity contribution in [3.05, 3.63) is 0 Å². The first-order valence-corrected chi connectivity index (χ1v) is 1.55. The molecule has 0 fully saturated rings. The van der Waals surface area contributed by atoms with E-state index in [1.807, 2.05) is 0 Å². The second-order valence-corrected chi connectivity index (χ2v) is 0.615. The van der Waals surface area contributed by atoms with Gasteiger partial charge in [0.05, 0.1) is 7.05 Å². The minimum Gasteiger partial charge on any atom is -0.303 e. The lowest BCUT2D eigenvalue weighted by Crippen LogP contribution is -1.91. The van der Waals surface area contributed by atoms with E-state index in [4.69, 9.17) is 0 Å². The van der Waals surface area contributed by atoms with Crippen molar-refractivity contribution in [2.45, 2.75) is 0 Å². The standard InChI is InChI=1S/CH6N6/c1-3-5-7-6-4-2/h1H3,(H2,2,5,6)(H,3,4,7). The van der Waals surface area contributed by atoms with Gasteiger partial charge in [-0.15, -0.1) is 0 Å². The van der Waals surface area contributed by atoms with Gasteiger partial charge in [-0.2, -0.15) is 10.6 Å². The van der Waals surface area contributed by atoms with E-state index in [2.05, 4.69) is 32.2 Å². The van der Waals surface area contributed by atoms with Crippen LogP contribution in [-0.4, -0.2) is 7.05 Å². The van der Waals surface area contributed by atoms with Crippen LogP contribution in [0.2, 0.25) is 0 Å². The summed E-state index contributed by atoms with van der Waals surface area (Å²) in [6.45, 7) is 0. The topological polar surface area (TPSA) is 87.5 Å². The molecule has 0 spiro atoms. The molecule has 0 amide bonds. The molecular weight excluding hydrogens is 96.1 g/mol. The van der Waals surface area contributed by atoms with Gasteiger partial charge in [0, 0.05) is 0 Å². The minimum atomic E-state index is 1.50. The van der Waals surface area contributed by atoms with Crippen molar-refractivity contribution in [1.82, 2.24) is 5.53 Å². The Labute approximate surface area is 40.4 Å². The summed E-state index contributed by atoms with van der Waals surface area (Å²) in [5.41, 5.74) is 2.08. The SMILES string of the molecule is CN=NNN=NN. The molecule has 6 heteroatoms. The molecule has 0 rings (SSSR count). The maximum atomic E-state index is 4.56. The molecule has 0 aliphatic rings. The van der Waals surface area contributed by atoms with Gasteiger partial charge in [0.15, 0.2) is 0 Å². The second-order valence-electron chi connectivity index (χ2n) is 0.615. The maximum absolute atomic E-state index is 4.56. The predicted molar refractivity (Wildman–Crippen MR) is 23.0 cm³/mol. The van der Waals surface area contributed by atoms with Crippen molar-refractivity contribution in [3.63, 3.8) is 0 Å². The van der Waals surface area contributed by atoms with Crippen LogP contribution in [0.15, 0.2) is 20.8 Å². The quantitative estimate of drug-likeness (QED) is 0.287. The van der Waals surface area contributed by atoms with Gasteiger partial charge in [-0.1, -0.05) is 10.4 Å². The van der Waals surface area contributed by atoms with Crippen LogP contribution in [0.4, 0.5) is 0 Å². The Morgan fingerprint density at radius 3 is 2.57 bits per heavy atom. The van der Waals surface area contributed by atoms with Crippen molar-refractivity contribution >= 4 is 0 Å². The smallest absolute Gasteiger partial charge is 0.0509 e. The zero-order valence-corrected chi connectivity index (χ0v) is 3.87. The van der Waals surface area contributed by atoms with Crippen LogP contribution in [-0.2, 0) is 0 Å². The molecule has 0 atom stereocenters. The summed E-state index contributed by atoms with van der Waals surface area (Å²) in [6.07, 6.45) is 0. The highest BCUT2D eigenvalue weighted by atomic mass is 15.7. The van der Waals surface area contributed by atoms with Crippen molar-refractivity contribution in [3.8, 4) is 0 Å². The summed E-state index contributed by atoms with van der Waals surface area (Å²) in [5.74, 6) is 4.56. The van der Waals surface area contributed by atoms with E-state index >= 15 is 0 Å². The predicted octanol–water partition coefficient (Wildman–Crippen LogP) is -0.186. The van der Waals surface area contributed by atoms with Gasteiger partial charge in [-0.25, -0.2) is 0 Å². The molecule has 40 valence electrons. The largest absolute Gasteiger partial charge is 0.303 e. The van der Waals surface area contributed by atoms with Gasteiger partial charge in [0.2, 0.25) is 0 Å². The Hall–Kier alpha value is -1.20. The number of hydrogen-bond donors (Lipinski definition) is 2. The molecule has 0 saturated carbocycles. The van der Waals surface area contributed by atoms with Crippen LogP contribution in [0.25, 0.3) is 0 Å². The first-order valence-electron chi connectivity index (χ1n) is 1.55. The Kier molecular flexibility index (Phi) is 3.98. The highest BCUT2D eigenvalue weighted by Crippen LogP contribution is 1.60. The van der Waals surface area contributed by atoms with E-state index in [-0.39, 0.29) is 0 Å². The number of nitrogens with two attached hydrogens (primary N) is 1. The lowest BCUT2D eigenvalue weighted by Gasteiger charge is -1.77. The fourth-order valence-corrected chi connectivity index (χ4v) is 0.0905. The fraction of sp³-hybridized carbons (Fsp3) is 1.00. The molecule has 0 unspecified atom stereocenters. The number of nitrogens with zero attached hydrogens (tertiary/aromatic N) is 4. The third-order valence-electron chi connectivity index (χ3n) is 0.247. The monoisotopic (exact) mass is 102 g/mol. The molecule has 6 nitrogen and oxygen atoms in total. The number of hydrogen-bond acceptors (Lipinski definition) is 4. The average molecular weight is 102 g/mol. The highest BCUT2D eigenvalue weighted by Gasteiger charge is 1.57. The molecule has 0 saturated heterocycles. The fourth-order valence-electron chi connectivity index (χ4n) is 0.0905. The third kappa shape index (κ3) is 4.80. The minimum absolute atomic E-state index is 1.50. The lowest BCUT2D eigenvalue weighted by atomic mass is 11.6. The molecular formula is CH6N6. The summed E-state index contributed by atoms with van der Waals surface area (Å²) in [5, 5.41) is 12.4. The Bertz CT molecular complexity index is 62.2. The van der Waals surface area contributed by atoms with Crippen molar-refractivity contribution in [2.24, 2.45) is 26.6 Å². The van der Waals surface area contributed by atoms with Gasteiger partial charge in [0.25, 0.3) is 0 Å². The molecule has 0 aromatic heterocycles. The molecule has 3 N–H and O–H groups in total. The number of rotatable bonds is 2. The molecule has 7 heavy (non-hydrogen) atoms. The van der Waals surface area contributed by atoms with E-state index < -0.39 is 0 Å². The third-order valence-corrected chi connectivity index (χ3v) is 0.247. The molecule has 0 aromatic rings. The number of nitrogens with one attached hydrogen (secondary N) is 1. The van der Waals surface area contributed by atoms with Crippen LogP contribution < -0.4 is 11.4 Å². The van der Waals surface area contributed by atoms with Crippen LogP contribution in [0.1, 0.15) is 0 Å². The molecule has 0 aliphatic heterocycles. The summed E-state index contributed by atoms with van der Waals surface area (Å²) in [4.78, 5) is 0. The van der Waals surface area contributed by atoms with E-state index in [1.165, 1.54) is 7.05 Å². The molecule has 0 aliphatic carbocycles. The average Bonchev–Trinajstić information content (AvgIpc) is 1.69. The van der Waals surface area contributed by atoms with Crippen LogP contribution in [0, 0.1) is 0 Å². The molecule has 0 aromatic carbocycles. The zero-order chi connectivity index (χ0) is 5.54. The Balaban J connectivity index is 2.98. The zero-order valence-electron chi connectivity index (χ0n) is 3.87. The van der Waals surface area contributed by atoms with Gasteiger partial charge < -0.3 is 5.84 Å². The van der Waals surface area contributed by atoms with E-state index in [0.29, 0.717) is 0 Å². The second kappa shape index (κ2) is 4.80. The Morgan fingerprint density at radius 2 is 2.14 bits per heavy atom. The van der Waals surface area contributed by atoms with Gasteiger partial charge in [0.1, 0.15) is 0 Å². The van der Waals surface area contributed by atoms with Crippen LogP contribution in [0.3, 0.4) is 0 Å². The van der Waals surface area contributed by atoms with Gasteiger partial charge in [-0.3, -0.25) is 0 Å². The van der Waals surface area contributed by atoms with Crippen molar-refractivity contribution < 1.29 is 0 Å². The van der Waals surface area contributed by atoms with E-state index in [1.54, 1.807) is 0 Å². The Morgan fingerprint density at radius 1 is 1.43 bits per heavy atom. The van der Waals surface area contributed by atoms with Crippen LogP contribution in [0.5, 0.6) is 0 Å². The van der Waals surface area contributed by atoms with Crippen molar-refractivity contribution in [1.29, 1.82) is 0 Å². The molecule has 0 radical (unpaired) electrons. The van der Waals surface area contributed by atoms with Crippen molar-refractivity contribution in [2.75, 3.05) is 7.05 Å². The normalized spacial score (nSPS) is 11.0. The maximum Gasteiger partial charge on any atom is 0.0509 e. The molecule has 0 heterocycles. The summed E-state index contributed by atoms with van der Waals surface area (Å²) >= 11 is 0.